The molecule has 0 saturated heterocycles. The Bertz CT molecular complexity index is 331. The van der Waals surface area contributed by atoms with Gasteiger partial charge in [-0.05, 0) is 19.8 Å². The smallest absolute Gasteiger partial charge is 0.0897 e. The molecule has 1 heterocycles. The zero-order valence-corrected chi connectivity index (χ0v) is 11.8. The first-order valence-electron chi connectivity index (χ1n) is 6.47. The SMILES string of the molecule is Cc1n[nH]c(C)c1CNCC(O)COCC(C)C. The van der Waals surface area contributed by atoms with Gasteiger partial charge in [0, 0.05) is 31.0 Å². The summed E-state index contributed by atoms with van der Waals surface area (Å²) in [6.45, 7) is 10.5. The van der Waals surface area contributed by atoms with Gasteiger partial charge < -0.3 is 15.2 Å². The zero-order chi connectivity index (χ0) is 13.5. The van der Waals surface area contributed by atoms with Crippen LogP contribution in [0.4, 0.5) is 0 Å². The minimum atomic E-state index is -0.462. The summed E-state index contributed by atoms with van der Waals surface area (Å²) in [5, 5.41) is 20.0. The molecule has 1 rings (SSSR count). The second kappa shape index (κ2) is 7.51. The van der Waals surface area contributed by atoms with E-state index < -0.39 is 6.10 Å². The predicted octanol–water partition coefficient (Wildman–Crippen LogP) is 1.15. The summed E-state index contributed by atoms with van der Waals surface area (Å²) >= 11 is 0. The van der Waals surface area contributed by atoms with E-state index in [1.165, 1.54) is 5.56 Å². The van der Waals surface area contributed by atoms with E-state index in [0.717, 1.165) is 17.9 Å². The highest BCUT2D eigenvalue weighted by Gasteiger charge is 2.08. The number of aromatic amines is 1. The van der Waals surface area contributed by atoms with Crippen molar-refractivity contribution >= 4 is 0 Å². The van der Waals surface area contributed by atoms with E-state index >= 15 is 0 Å². The summed E-state index contributed by atoms with van der Waals surface area (Å²) in [7, 11) is 0. The zero-order valence-electron chi connectivity index (χ0n) is 11.8. The molecule has 104 valence electrons. The molecule has 1 aromatic rings. The van der Waals surface area contributed by atoms with E-state index in [1.807, 2.05) is 13.8 Å². The normalized spacial score (nSPS) is 13.2. The largest absolute Gasteiger partial charge is 0.389 e. The molecule has 1 unspecified atom stereocenters. The molecule has 0 aliphatic heterocycles. The quantitative estimate of drug-likeness (QED) is 0.652. The highest BCUT2D eigenvalue weighted by atomic mass is 16.5. The molecular formula is C13H25N3O2. The Balaban J connectivity index is 2.17. The van der Waals surface area contributed by atoms with Crippen molar-refractivity contribution in [3.8, 4) is 0 Å². The van der Waals surface area contributed by atoms with Gasteiger partial charge in [-0.3, -0.25) is 5.10 Å². The lowest BCUT2D eigenvalue weighted by molar-refractivity contribution is 0.0260. The van der Waals surface area contributed by atoms with Gasteiger partial charge in [0.25, 0.3) is 0 Å². The number of aliphatic hydroxyl groups excluding tert-OH is 1. The summed E-state index contributed by atoms with van der Waals surface area (Å²) in [6.07, 6.45) is -0.462. The van der Waals surface area contributed by atoms with Crippen LogP contribution in [0, 0.1) is 19.8 Å². The molecule has 0 aromatic carbocycles. The van der Waals surface area contributed by atoms with Crippen LogP contribution in [0.1, 0.15) is 30.8 Å². The van der Waals surface area contributed by atoms with Crippen LogP contribution in [0.5, 0.6) is 0 Å². The molecule has 0 aliphatic rings. The molecule has 18 heavy (non-hydrogen) atoms. The minimum absolute atomic E-state index is 0.383. The summed E-state index contributed by atoms with van der Waals surface area (Å²) in [6, 6.07) is 0. The molecule has 1 aromatic heterocycles. The fourth-order valence-corrected chi connectivity index (χ4v) is 1.70. The first-order chi connectivity index (χ1) is 8.50. The Morgan fingerprint density at radius 2 is 2.06 bits per heavy atom. The number of rotatable bonds is 8. The van der Waals surface area contributed by atoms with Gasteiger partial charge in [0.2, 0.25) is 0 Å². The van der Waals surface area contributed by atoms with Crippen LogP contribution < -0.4 is 5.32 Å². The van der Waals surface area contributed by atoms with Crippen LogP contribution in [0.25, 0.3) is 0 Å². The van der Waals surface area contributed by atoms with Crippen molar-refractivity contribution in [1.82, 2.24) is 15.5 Å². The van der Waals surface area contributed by atoms with Gasteiger partial charge in [0.05, 0.1) is 18.4 Å². The Morgan fingerprint density at radius 3 is 2.61 bits per heavy atom. The Hall–Kier alpha value is -0.910. The summed E-state index contributed by atoms with van der Waals surface area (Å²) in [5.41, 5.74) is 3.25. The van der Waals surface area contributed by atoms with E-state index in [0.29, 0.717) is 25.7 Å². The Labute approximate surface area is 109 Å². The fraction of sp³-hybridized carbons (Fsp3) is 0.769. The van der Waals surface area contributed by atoms with Crippen LogP contribution in [-0.4, -0.2) is 41.2 Å². The third-order valence-electron chi connectivity index (χ3n) is 2.72. The molecule has 0 radical (unpaired) electrons. The maximum absolute atomic E-state index is 9.72. The van der Waals surface area contributed by atoms with Crippen molar-refractivity contribution in [3.05, 3.63) is 17.0 Å². The van der Waals surface area contributed by atoms with Gasteiger partial charge in [-0.25, -0.2) is 0 Å². The number of aryl methyl sites for hydroxylation is 2. The van der Waals surface area contributed by atoms with Gasteiger partial charge in [-0.1, -0.05) is 13.8 Å². The maximum Gasteiger partial charge on any atom is 0.0897 e. The third kappa shape index (κ3) is 5.16. The van der Waals surface area contributed by atoms with E-state index in [-0.39, 0.29) is 0 Å². The standard InChI is InChI=1S/C13H25N3O2/c1-9(2)7-18-8-12(17)5-14-6-13-10(3)15-16-11(13)4/h9,12,14,17H,5-8H2,1-4H3,(H,15,16). The maximum atomic E-state index is 9.72. The molecule has 3 N–H and O–H groups in total. The molecule has 5 nitrogen and oxygen atoms in total. The van der Waals surface area contributed by atoms with Crippen molar-refractivity contribution in [1.29, 1.82) is 0 Å². The van der Waals surface area contributed by atoms with Gasteiger partial charge >= 0.3 is 0 Å². The number of H-pyrrole nitrogens is 1. The molecule has 5 heteroatoms. The highest BCUT2D eigenvalue weighted by Crippen LogP contribution is 2.08. The Kier molecular flexibility index (Phi) is 6.32. The van der Waals surface area contributed by atoms with Crippen molar-refractivity contribution in [3.63, 3.8) is 0 Å². The lowest BCUT2D eigenvalue weighted by atomic mass is 10.2. The number of aromatic nitrogens is 2. The van der Waals surface area contributed by atoms with Crippen LogP contribution in [0.2, 0.25) is 0 Å². The number of ether oxygens (including phenoxy) is 1. The van der Waals surface area contributed by atoms with Crippen LogP contribution in [0.3, 0.4) is 0 Å². The summed E-state index contributed by atoms with van der Waals surface area (Å²) in [5.74, 6) is 0.501. The molecule has 0 spiro atoms. The fourth-order valence-electron chi connectivity index (χ4n) is 1.70. The van der Waals surface area contributed by atoms with Crippen LogP contribution in [0.15, 0.2) is 0 Å². The van der Waals surface area contributed by atoms with Crippen molar-refractivity contribution < 1.29 is 9.84 Å². The summed E-state index contributed by atoms with van der Waals surface area (Å²) < 4.78 is 5.38. The van der Waals surface area contributed by atoms with E-state index in [1.54, 1.807) is 0 Å². The number of nitrogens with one attached hydrogen (secondary N) is 2. The van der Waals surface area contributed by atoms with Crippen molar-refractivity contribution in [2.24, 2.45) is 5.92 Å². The van der Waals surface area contributed by atoms with E-state index in [9.17, 15) is 5.11 Å². The van der Waals surface area contributed by atoms with Gasteiger partial charge in [0.1, 0.15) is 0 Å². The number of hydrogen-bond donors (Lipinski definition) is 3. The van der Waals surface area contributed by atoms with E-state index in [4.69, 9.17) is 4.74 Å². The third-order valence-corrected chi connectivity index (χ3v) is 2.72. The van der Waals surface area contributed by atoms with Crippen molar-refractivity contribution in [2.45, 2.75) is 40.3 Å². The highest BCUT2D eigenvalue weighted by molar-refractivity contribution is 5.22. The van der Waals surface area contributed by atoms with Gasteiger partial charge in [-0.2, -0.15) is 5.10 Å². The lowest BCUT2D eigenvalue weighted by Crippen LogP contribution is -2.30. The number of nitrogens with zero attached hydrogens (tertiary/aromatic N) is 1. The predicted molar refractivity (Wildman–Crippen MR) is 71.4 cm³/mol. The number of aliphatic hydroxyl groups is 1. The monoisotopic (exact) mass is 255 g/mol. The van der Waals surface area contributed by atoms with Gasteiger partial charge in [0.15, 0.2) is 0 Å². The molecule has 1 atom stereocenters. The summed E-state index contributed by atoms with van der Waals surface area (Å²) in [4.78, 5) is 0. The second-order valence-corrected chi connectivity index (χ2v) is 5.13. The van der Waals surface area contributed by atoms with Crippen LogP contribution in [-0.2, 0) is 11.3 Å². The minimum Gasteiger partial charge on any atom is -0.389 e. The first kappa shape index (κ1) is 15.1. The number of hydrogen-bond acceptors (Lipinski definition) is 4. The molecule has 0 aliphatic carbocycles. The molecular weight excluding hydrogens is 230 g/mol. The average molecular weight is 255 g/mol. The van der Waals surface area contributed by atoms with E-state index in [2.05, 4.69) is 29.4 Å². The molecule has 0 amide bonds. The molecule has 0 fully saturated rings. The average Bonchev–Trinajstić information content (AvgIpc) is 2.60. The Morgan fingerprint density at radius 1 is 1.33 bits per heavy atom. The topological polar surface area (TPSA) is 70.2 Å². The second-order valence-electron chi connectivity index (χ2n) is 5.13. The van der Waals surface area contributed by atoms with Crippen LogP contribution >= 0.6 is 0 Å². The first-order valence-corrected chi connectivity index (χ1v) is 6.47. The molecule has 0 saturated carbocycles. The van der Waals surface area contributed by atoms with Gasteiger partial charge in [-0.15, -0.1) is 0 Å². The molecule has 0 bridgehead atoms. The lowest BCUT2D eigenvalue weighted by Gasteiger charge is -2.13. The van der Waals surface area contributed by atoms with Crippen molar-refractivity contribution in [2.75, 3.05) is 19.8 Å².